The topological polar surface area (TPSA) is 144 Å². The Hall–Kier alpha value is -3.17. The highest BCUT2D eigenvalue weighted by Gasteiger charge is 2.48. The van der Waals surface area contributed by atoms with Crippen LogP contribution in [0.1, 0.15) is 68.7 Å². The van der Waals surface area contributed by atoms with E-state index in [0.29, 0.717) is 18.0 Å². The minimum atomic E-state index is -4.46. The van der Waals surface area contributed by atoms with E-state index in [9.17, 15) is 26.4 Å². The number of nitrogens with zero attached hydrogens (tertiary/aromatic N) is 4. The highest BCUT2D eigenvalue weighted by Crippen LogP contribution is 2.37. The van der Waals surface area contributed by atoms with E-state index in [4.69, 9.17) is 16.3 Å². The van der Waals surface area contributed by atoms with Crippen LogP contribution < -0.4 is 14.8 Å². The lowest BCUT2D eigenvalue weighted by Crippen LogP contribution is -2.37. The van der Waals surface area contributed by atoms with Gasteiger partial charge < -0.3 is 10.1 Å². The first kappa shape index (κ1) is 32.7. The molecule has 3 aromatic heterocycles. The summed E-state index contributed by atoms with van der Waals surface area (Å²) >= 11 is 6.23. The van der Waals surface area contributed by atoms with E-state index >= 15 is 0 Å². The molecule has 4 rings (SSSR count). The van der Waals surface area contributed by atoms with E-state index < -0.39 is 34.1 Å². The van der Waals surface area contributed by atoms with Gasteiger partial charge >= 0.3 is 6.18 Å². The Kier molecular flexibility index (Phi) is 9.20. The number of ether oxygens (including phenoxy) is 1. The molecular formula is C27H35ClF3N7O4S. The van der Waals surface area contributed by atoms with Crippen LogP contribution in [0.2, 0.25) is 5.15 Å². The van der Waals surface area contributed by atoms with Crippen LogP contribution in [0.25, 0.3) is 5.82 Å². The van der Waals surface area contributed by atoms with Gasteiger partial charge in [-0.2, -0.15) is 18.3 Å². The van der Waals surface area contributed by atoms with Gasteiger partial charge in [-0.25, -0.2) is 22.8 Å². The van der Waals surface area contributed by atoms with Gasteiger partial charge in [0, 0.05) is 17.8 Å². The normalized spacial score (nSPS) is 17.3. The number of sulfonamides is 1. The lowest BCUT2D eigenvalue weighted by molar-refractivity contribution is -0.219. The van der Waals surface area contributed by atoms with Crippen molar-refractivity contribution in [3.8, 4) is 11.7 Å². The molecule has 4 heterocycles. The lowest BCUT2D eigenvalue weighted by Gasteiger charge is -2.26. The molecule has 1 saturated heterocycles. The van der Waals surface area contributed by atoms with Gasteiger partial charge in [0.25, 0.3) is 15.9 Å². The number of rotatable bonds is 11. The first-order valence-electron chi connectivity index (χ1n) is 13.7. The number of aryl methyl sites for hydroxylation is 2. The minimum Gasteiger partial charge on any atom is -0.476 e. The Morgan fingerprint density at radius 1 is 1.26 bits per heavy atom. The molecule has 0 aliphatic carbocycles. The minimum absolute atomic E-state index is 0.0711. The number of carbonyl (C=O) groups excluding carboxylic acids is 1. The van der Waals surface area contributed by atoms with E-state index in [1.807, 2.05) is 0 Å². The molecule has 0 aromatic carbocycles. The number of alkyl halides is 3. The highest BCUT2D eigenvalue weighted by molar-refractivity contribution is 7.90. The summed E-state index contributed by atoms with van der Waals surface area (Å²) in [6.07, 6.45) is 0.0897. The number of aromatic amines is 1. The summed E-state index contributed by atoms with van der Waals surface area (Å²) in [5, 5.41) is 14.1. The number of hydrogen-bond acceptors (Lipinski definition) is 8. The molecule has 1 amide bonds. The van der Waals surface area contributed by atoms with Crippen molar-refractivity contribution in [1.82, 2.24) is 35.0 Å². The van der Waals surface area contributed by atoms with Crippen molar-refractivity contribution in [3.05, 3.63) is 46.5 Å². The number of H-pyrrole nitrogens is 1. The number of amides is 1. The van der Waals surface area contributed by atoms with Crippen molar-refractivity contribution < 1.29 is 31.1 Å². The zero-order valence-electron chi connectivity index (χ0n) is 24.5. The van der Waals surface area contributed by atoms with Crippen LogP contribution in [0.3, 0.4) is 0 Å². The van der Waals surface area contributed by atoms with Gasteiger partial charge in [-0.3, -0.25) is 9.89 Å². The molecule has 0 spiro atoms. The molecule has 43 heavy (non-hydrogen) atoms. The van der Waals surface area contributed by atoms with Gasteiger partial charge in [-0.05, 0) is 84.9 Å². The first-order valence-corrected chi connectivity index (χ1v) is 15.5. The second-order valence-corrected chi connectivity index (χ2v) is 14.0. The average molecular weight is 646 g/mol. The summed E-state index contributed by atoms with van der Waals surface area (Å²) in [4.78, 5) is 17.0. The average Bonchev–Trinajstić information content (AvgIpc) is 3.60. The Morgan fingerprint density at radius 3 is 2.60 bits per heavy atom. The molecular weight excluding hydrogens is 611 g/mol. The summed E-state index contributed by atoms with van der Waals surface area (Å²) in [5.74, 6) is -0.436. The zero-order chi connectivity index (χ0) is 31.8. The lowest BCUT2D eigenvalue weighted by atomic mass is 9.93. The second kappa shape index (κ2) is 12.1. The number of hydrogen-bond donors (Lipinski definition) is 3. The van der Waals surface area contributed by atoms with Crippen molar-refractivity contribution in [2.24, 2.45) is 11.3 Å². The summed E-state index contributed by atoms with van der Waals surface area (Å²) in [5.41, 5.74) is -1.56. The van der Waals surface area contributed by atoms with Crippen LogP contribution in [-0.2, 0) is 16.4 Å². The fourth-order valence-electron chi connectivity index (χ4n) is 4.85. The smallest absolute Gasteiger partial charge is 0.397 e. The van der Waals surface area contributed by atoms with Gasteiger partial charge in [0.05, 0.1) is 22.4 Å². The molecule has 1 aliphatic rings. The van der Waals surface area contributed by atoms with E-state index in [-0.39, 0.29) is 38.5 Å². The molecule has 236 valence electrons. The Bertz CT molecular complexity index is 1590. The molecule has 1 atom stereocenters. The Morgan fingerprint density at radius 2 is 1.98 bits per heavy atom. The van der Waals surface area contributed by atoms with Crippen molar-refractivity contribution in [3.63, 3.8) is 0 Å². The van der Waals surface area contributed by atoms with Crippen LogP contribution in [0.15, 0.2) is 29.3 Å². The first-order chi connectivity index (χ1) is 19.9. The molecule has 3 N–H and O–H groups in total. The van der Waals surface area contributed by atoms with Gasteiger partial charge in [-0.15, -0.1) is 5.10 Å². The quantitative estimate of drug-likeness (QED) is 0.254. The number of aromatic nitrogens is 5. The van der Waals surface area contributed by atoms with Crippen molar-refractivity contribution in [2.75, 3.05) is 13.2 Å². The fraction of sp³-hybridized carbons (Fsp3) is 0.556. The molecule has 16 heteroatoms. The van der Waals surface area contributed by atoms with E-state index in [0.717, 1.165) is 39.7 Å². The van der Waals surface area contributed by atoms with Crippen LogP contribution in [0.5, 0.6) is 5.88 Å². The summed E-state index contributed by atoms with van der Waals surface area (Å²) in [6.45, 7) is 8.15. The largest absolute Gasteiger partial charge is 0.476 e. The highest BCUT2D eigenvalue weighted by atomic mass is 35.5. The van der Waals surface area contributed by atoms with E-state index in [1.165, 1.54) is 36.0 Å². The molecule has 1 fully saturated rings. The third-order valence-electron chi connectivity index (χ3n) is 7.39. The maximum absolute atomic E-state index is 13.3. The van der Waals surface area contributed by atoms with Crippen LogP contribution >= 0.6 is 11.6 Å². The van der Waals surface area contributed by atoms with Gasteiger partial charge in [-0.1, -0.05) is 11.6 Å². The third-order valence-corrected chi connectivity index (χ3v) is 9.21. The van der Waals surface area contributed by atoms with Gasteiger partial charge in [0.15, 0.2) is 5.82 Å². The molecule has 0 unspecified atom stereocenters. The van der Waals surface area contributed by atoms with Crippen LogP contribution in [-0.4, -0.2) is 64.2 Å². The monoisotopic (exact) mass is 645 g/mol. The standard InChI is InChI=1S/C27H35ClF3N7O4S/c1-16-22(19(35-34-16)8-6-7-17-13-26(4,5)32-14-17)43(40,41)37-24(39)18-9-10-20(33-23(18)28)38-12-11-21(36-38)42-15-25(2,3)27(29,30)31/h9-12,17,32H,6-8,13-15H2,1-5H3,(H,34,35)(H,37,39)/t17-/m0/s1. The molecule has 3 aromatic rings. The van der Waals surface area contributed by atoms with Crippen LogP contribution in [0, 0.1) is 18.3 Å². The number of pyridine rings is 1. The molecule has 0 bridgehead atoms. The second-order valence-electron chi connectivity index (χ2n) is 12.1. The molecule has 11 nitrogen and oxygen atoms in total. The van der Waals surface area contributed by atoms with Gasteiger partial charge in [0.1, 0.15) is 16.7 Å². The fourth-order valence-corrected chi connectivity index (χ4v) is 6.45. The van der Waals surface area contributed by atoms with Crippen molar-refractivity contribution in [2.45, 2.75) is 76.9 Å². The van der Waals surface area contributed by atoms with Crippen molar-refractivity contribution >= 4 is 27.5 Å². The number of halogens is 4. The summed E-state index contributed by atoms with van der Waals surface area (Å²) in [7, 11) is -4.30. The molecule has 0 saturated carbocycles. The number of nitrogens with one attached hydrogen (secondary N) is 3. The van der Waals surface area contributed by atoms with Gasteiger partial charge in [0.2, 0.25) is 5.88 Å². The predicted molar refractivity (Wildman–Crippen MR) is 153 cm³/mol. The molecule has 1 aliphatic heterocycles. The predicted octanol–water partition coefficient (Wildman–Crippen LogP) is 4.75. The Labute approximate surface area is 253 Å². The van der Waals surface area contributed by atoms with E-state index in [2.05, 4.69) is 44.2 Å². The van der Waals surface area contributed by atoms with E-state index in [1.54, 1.807) is 0 Å². The maximum atomic E-state index is 13.3. The van der Waals surface area contributed by atoms with Crippen molar-refractivity contribution in [1.29, 1.82) is 0 Å². The SMILES string of the molecule is Cc1n[nH]c(CCC[C@@H]2CNC(C)(C)C2)c1S(=O)(=O)NC(=O)c1ccc(-n2ccc(OCC(C)(C)C(F)(F)F)n2)nc1Cl. The Balaban J connectivity index is 1.41. The maximum Gasteiger partial charge on any atom is 0.397 e. The summed E-state index contributed by atoms with van der Waals surface area (Å²) < 4.78 is 74.2. The number of carbonyl (C=O) groups is 1. The molecule has 0 radical (unpaired) electrons. The summed E-state index contributed by atoms with van der Waals surface area (Å²) in [6, 6.07) is 3.98. The third kappa shape index (κ3) is 7.68. The zero-order valence-corrected chi connectivity index (χ0v) is 26.0. The van der Waals surface area contributed by atoms with Crippen LogP contribution in [0.4, 0.5) is 13.2 Å².